The van der Waals surface area contributed by atoms with Gasteiger partial charge in [-0.3, -0.25) is 4.79 Å². The summed E-state index contributed by atoms with van der Waals surface area (Å²) in [6, 6.07) is 5.70. The fraction of sp³-hybridized carbons (Fsp3) is 0.562. The molecule has 0 bridgehead atoms. The molecule has 0 radical (unpaired) electrons. The number of carbonyl (C=O) groups is 1. The van der Waals surface area contributed by atoms with Crippen LogP contribution in [0.1, 0.15) is 42.6 Å². The Morgan fingerprint density at radius 3 is 2.90 bits per heavy atom. The van der Waals surface area contributed by atoms with Crippen LogP contribution in [0.4, 0.5) is 0 Å². The lowest BCUT2D eigenvalue weighted by Gasteiger charge is -2.39. The first-order valence-electron chi connectivity index (χ1n) is 7.18. The topological polar surface area (TPSA) is 41.1 Å². The Morgan fingerprint density at radius 1 is 1.50 bits per heavy atom. The molecule has 1 fully saturated rings. The molecule has 0 aromatic heterocycles. The van der Waals surface area contributed by atoms with Crippen molar-refractivity contribution in [1.29, 1.82) is 0 Å². The van der Waals surface area contributed by atoms with Gasteiger partial charge in [-0.05, 0) is 55.5 Å². The molecule has 1 aromatic carbocycles. The summed E-state index contributed by atoms with van der Waals surface area (Å²) >= 11 is 5.98. The Hall–Kier alpha value is -1.06. The zero-order chi connectivity index (χ0) is 14.8. The van der Waals surface area contributed by atoms with Crippen molar-refractivity contribution in [3.05, 3.63) is 34.3 Å². The molecule has 1 aliphatic heterocycles. The second-order valence-corrected chi connectivity index (χ2v) is 6.68. The monoisotopic (exact) mass is 294 g/mol. The van der Waals surface area contributed by atoms with E-state index in [0.717, 1.165) is 12.1 Å². The van der Waals surface area contributed by atoms with E-state index in [0.29, 0.717) is 23.2 Å². The molecule has 0 aliphatic carbocycles. The lowest BCUT2D eigenvalue weighted by atomic mass is 9.77. The number of hydrogen-bond acceptors (Lipinski definition) is 2. The van der Waals surface area contributed by atoms with E-state index in [1.54, 1.807) is 12.1 Å². The molecule has 0 saturated carbocycles. The third-order valence-electron chi connectivity index (χ3n) is 4.22. The van der Waals surface area contributed by atoms with E-state index in [-0.39, 0.29) is 11.3 Å². The number of benzene rings is 1. The van der Waals surface area contributed by atoms with Crippen LogP contribution >= 0.6 is 11.6 Å². The summed E-state index contributed by atoms with van der Waals surface area (Å²) in [4.78, 5) is 12.2. The van der Waals surface area contributed by atoms with Crippen LogP contribution in [0.15, 0.2) is 18.2 Å². The standard InChI is InChI=1S/C16H23ClN2O/c1-11-9-12(5-6-13(11)17)15(20)19-10-14-16(2,3)7-4-8-18-14/h5-6,9,14,18H,4,7-8,10H2,1-3H3,(H,19,20). The largest absolute Gasteiger partial charge is 0.350 e. The number of rotatable bonds is 3. The molecule has 2 N–H and O–H groups in total. The summed E-state index contributed by atoms with van der Waals surface area (Å²) in [5.41, 5.74) is 1.82. The van der Waals surface area contributed by atoms with Gasteiger partial charge in [0.15, 0.2) is 0 Å². The van der Waals surface area contributed by atoms with Gasteiger partial charge in [-0.15, -0.1) is 0 Å². The quantitative estimate of drug-likeness (QED) is 0.899. The number of piperidine rings is 1. The van der Waals surface area contributed by atoms with E-state index in [1.807, 2.05) is 13.0 Å². The maximum atomic E-state index is 12.2. The van der Waals surface area contributed by atoms with Gasteiger partial charge in [0.05, 0.1) is 0 Å². The van der Waals surface area contributed by atoms with Crippen molar-refractivity contribution >= 4 is 17.5 Å². The van der Waals surface area contributed by atoms with Gasteiger partial charge in [-0.2, -0.15) is 0 Å². The van der Waals surface area contributed by atoms with E-state index in [4.69, 9.17) is 11.6 Å². The van der Waals surface area contributed by atoms with Gasteiger partial charge in [0.1, 0.15) is 0 Å². The van der Waals surface area contributed by atoms with Crippen LogP contribution in [0.25, 0.3) is 0 Å². The maximum Gasteiger partial charge on any atom is 0.251 e. The molecule has 20 heavy (non-hydrogen) atoms. The summed E-state index contributed by atoms with van der Waals surface area (Å²) in [5, 5.41) is 7.22. The molecular weight excluding hydrogens is 272 g/mol. The smallest absolute Gasteiger partial charge is 0.251 e. The molecule has 2 rings (SSSR count). The van der Waals surface area contributed by atoms with Gasteiger partial charge in [0.25, 0.3) is 5.91 Å². The summed E-state index contributed by atoms with van der Waals surface area (Å²) < 4.78 is 0. The number of halogens is 1. The highest BCUT2D eigenvalue weighted by Gasteiger charge is 2.31. The third kappa shape index (κ3) is 3.53. The highest BCUT2D eigenvalue weighted by Crippen LogP contribution is 2.29. The predicted molar refractivity (Wildman–Crippen MR) is 83.3 cm³/mol. The third-order valence-corrected chi connectivity index (χ3v) is 4.64. The van der Waals surface area contributed by atoms with Gasteiger partial charge in [-0.1, -0.05) is 25.4 Å². The van der Waals surface area contributed by atoms with E-state index in [9.17, 15) is 4.79 Å². The van der Waals surface area contributed by atoms with Crippen LogP contribution < -0.4 is 10.6 Å². The van der Waals surface area contributed by atoms with E-state index in [2.05, 4.69) is 24.5 Å². The molecule has 1 unspecified atom stereocenters. The summed E-state index contributed by atoms with van der Waals surface area (Å²) in [6.45, 7) is 8.10. The molecule has 1 saturated heterocycles. The van der Waals surface area contributed by atoms with Gasteiger partial charge < -0.3 is 10.6 Å². The second-order valence-electron chi connectivity index (χ2n) is 6.27. The van der Waals surface area contributed by atoms with Crippen LogP contribution in [0.5, 0.6) is 0 Å². The molecule has 0 spiro atoms. The number of hydrogen-bond donors (Lipinski definition) is 2. The van der Waals surface area contributed by atoms with Crippen molar-refractivity contribution in [2.75, 3.05) is 13.1 Å². The summed E-state index contributed by atoms with van der Waals surface area (Å²) in [7, 11) is 0. The molecule has 1 amide bonds. The molecule has 110 valence electrons. The normalized spacial score (nSPS) is 21.5. The Balaban J connectivity index is 1.96. The number of nitrogens with one attached hydrogen (secondary N) is 2. The van der Waals surface area contributed by atoms with Crippen LogP contribution in [0.2, 0.25) is 5.02 Å². The van der Waals surface area contributed by atoms with Gasteiger partial charge in [-0.25, -0.2) is 0 Å². The Labute approximate surface area is 126 Å². The first-order chi connectivity index (χ1) is 9.40. The lowest BCUT2D eigenvalue weighted by molar-refractivity contribution is 0.0929. The summed E-state index contributed by atoms with van der Waals surface area (Å²) in [5.74, 6) is -0.0343. The highest BCUT2D eigenvalue weighted by molar-refractivity contribution is 6.31. The van der Waals surface area contributed by atoms with Crippen molar-refractivity contribution in [3.63, 3.8) is 0 Å². The lowest BCUT2D eigenvalue weighted by Crippen LogP contribution is -2.52. The van der Waals surface area contributed by atoms with Crippen LogP contribution in [-0.2, 0) is 0 Å². The zero-order valence-electron chi connectivity index (χ0n) is 12.4. The van der Waals surface area contributed by atoms with Crippen molar-refractivity contribution in [2.24, 2.45) is 5.41 Å². The number of aryl methyl sites for hydroxylation is 1. The Morgan fingerprint density at radius 2 is 2.25 bits per heavy atom. The number of carbonyl (C=O) groups excluding carboxylic acids is 1. The fourth-order valence-corrected chi connectivity index (χ4v) is 2.82. The Kier molecular flexibility index (Phi) is 4.71. The van der Waals surface area contributed by atoms with Gasteiger partial charge in [0.2, 0.25) is 0 Å². The average molecular weight is 295 g/mol. The molecule has 1 heterocycles. The molecular formula is C16H23ClN2O. The minimum absolute atomic E-state index is 0.0343. The van der Waals surface area contributed by atoms with Gasteiger partial charge >= 0.3 is 0 Å². The predicted octanol–water partition coefficient (Wildman–Crippen LogP) is 3.16. The summed E-state index contributed by atoms with van der Waals surface area (Å²) in [6.07, 6.45) is 2.40. The van der Waals surface area contributed by atoms with E-state index in [1.165, 1.54) is 12.8 Å². The van der Waals surface area contributed by atoms with Crippen molar-refractivity contribution in [2.45, 2.75) is 39.7 Å². The van der Waals surface area contributed by atoms with E-state index < -0.39 is 0 Å². The molecule has 1 aromatic rings. The van der Waals surface area contributed by atoms with Crippen molar-refractivity contribution in [3.8, 4) is 0 Å². The molecule has 1 atom stereocenters. The van der Waals surface area contributed by atoms with Crippen LogP contribution in [0, 0.1) is 12.3 Å². The minimum Gasteiger partial charge on any atom is -0.350 e. The second kappa shape index (κ2) is 6.15. The molecule has 4 heteroatoms. The molecule has 3 nitrogen and oxygen atoms in total. The van der Waals surface area contributed by atoms with Crippen LogP contribution in [-0.4, -0.2) is 25.0 Å². The maximum absolute atomic E-state index is 12.2. The fourth-order valence-electron chi connectivity index (χ4n) is 2.70. The highest BCUT2D eigenvalue weighted by atomic mass is 35.5. The zero-order valence-corrected chi connectivity index (χ0v) is 13.2. The van der Waals surface area contributed by atoms with Gasteiger partial charge in [0, 0.05) is 23.2 Å². The molecule has 1 aliphatic rings. The minimum atomic E-state index is -0.0343. The van der Waals surface area contributed by atoms with Crippen molar-refractivity contribution in [1.82, 2.24) is 10.6 Å². The SMILES string of the molecule is Cc1cc(C(=O)NCC2NCCCC2(C)C)ccc1Cl. The first-order valence-corrected chi connectivity index (χ1v) is 7.56. The van der Waals surface area contributed by atoms with E-state index >= 15 is 0 Å². The van der Waals surface area contributed by atoms with Crippen LogP contribution in [0.3, 0.4) is 0 Å². The number of amides is 1. The van der Waals surface area contributed by atoms with Crippen molar-refractivity contribution < 1.29 is 4.79 Å². The average Bonchev–Trinajstić information content (AvgIpc) is 2.40. The Bertz CT molecular complexity index is 499. The first kappa shape index (κ1) is 15.3.